The van der Waals surface area contributed by atoms with Crippen LogP contribution in [0.3, 0.4) is 0 Å². The van der Waals surface area contributed by atoms with Gasteiger partial charge >= 0.3 is 0 Å². The van der Waals surface area contributed by atoms with E-state index >= 15 is 0 Å². The molecule has 0 aliphatic rings. The van der Waals surface area contributed by atoms with E-state index in [9.17, 15) is 0 Å². The molecule has 0 atom stereocenters. The highest BCUT2D eigenvalue weighted by molar-refractivity contribution is 5.91. The second-order valence-electron chi connectivity index (χ2n) is 7.11. The smallest absolute Gasteiger partial charge is 0.165 e. The highest BCUT2D eigenvalue weighted by atomic mass is 15.4. The first-order chi connectivity index (χ1) is 13.1. The average Bonchev–Trinajstić information content (AvgIpc) is 3.26. The summed E-state index contributed by atoms with van der Waals surface area (Å²) in [5.74, 6) is 1.71. The van der Waals surface area contributed by atoms with Gasteiger partial charge in [0.25, 0.3) is 0 Å². The highest BCUT2D eigenvalue weighted by Crippen LogP contribution is 2.28. The van der Waals surface area contributed by atoms with Crippen molar-refractivity contribution in [3.8, 4) is 17.1 Å². The number of H-pyrrole nitrogens is 1. The highest BCUT2D eigenvalue weighted by Gasteiger charge is 2.17. The Morgan fingerprint density at radius 2 is 1.93 bits per heavy atom. The quantitative estimate of drug-likeness (QED) is 0.570. The first kappa shape index (κ1) is 17.4. The molecular formula is C21H24N6. The van der Waals surface area contributed by atoms with Crippen molar-refractivity contribution in [1.29, 1.82) is 0 Å². The number of aromatic amines is 1. The van der Waals surface area contributed by atoms with Gasteiger partial charge in [0.2, 0.25) is 0 Å². The normalized spacial score (nSPS) is 11.6. The molecule has 0 aliphatic heterocycles. The summed E-state index contributed by atoms with van der Waals surface area (Å²) in [6, 6.07) is 12.4. The summed E-state index contributed by atoms with van der Waals surface area (Å²) in [4.78, 5) is 14.7. The Balaban J connectivity index is 1.78. The number of benzene rings is 1. The molecule has 0 radical (unpaired) electrons. The Kier molecular flexibility index (Phi) is 4.73. The molecule has 0 unspecified atom stereocenters. The van der Waals surface area contributed by atoms with Crippen LogP contribution in [0.25, 0.3) is 28.1 Å². The minimum absolute atomic E-state index is 0.845. The lowest BCUT2D eigenvalue weighted by Crippen LogP contribution is -2.13. The summed E-state index contributed by atoms with van der Waals surface area (Å²) in [6.45, 7) is 3.11. The fourth-order valence-electron chi connectivity index (χ4n) is 3.20. The molecule has 4 aromatic rings. The zero-order valence-corrected chi connectivity index (χ0v) is 16.0. The molecule has 138 valence electrons. The van der Waals surface area contributed by atoms with E-state index in [1.807, 2.05) is 16.9 Å². The lowest BCUT2D eigenvalue weighted by molar-refractivity contribution is 0.398. The largest absolute Gasteiger partial charge is 0.345 e. The summed E-state index contributed by atoms with van der Waals surface area (Å²) in [5, 5.41) is 5.88. The molecule has 0 saturated carbocycles. The molecule has 27 heavy (non-hydrogen) atoms. The number of pyridine rings is 1. The van der Waals surface area contributed by atoms with Crippen molar-refractivity contribution in [1.82, 2.24) is 29.6 Å². The molecular weight excluding hydrogens is 336 g/mol. The number of hydrogen-bond acceptors (Lipinski definition) is 4. The van der Waals surface area contributed by atoms with Crippen LogP contribution in [0, 0.1) is 6.92 Å². The monoisotopic (exact) mass is 360 g/mol. The third-order valence-electron chi connectivity index (χ3n) is 4.63. The number of nitrogens with zero attached hydrogens (tertiary/aromatic N) is 5. The minimum Gasteiger partial charge on any atom is -0.345 e. The number of nitrogens with one attached hydrogen (secondary N) is 1. The second-order valence-corrected chi connectivity index (χ2v) is 7.11. The number of rotatable bonds is 6. The van der Waals surface area contributed by atoms with Crippen LogP contribution in [0.4, 0.5) is 0 Å². The van der Waals surface area contributed by atoms with E-state index in [1.165, 1.54) is 5.56 Å². The van der Waals surface area contributed by atoms with Crippen molar-refractivity contribution in [2.75, 3.05) is 20.6 Å². The summed E-state index contributed by atoms with van der Waals surface area (Å²) < 4.78 is 1.94. The van der Waals surface area contributed by atoms with Gasteiger partial charge in [-0.05, 0) is 58.3 Å². The Morgan fingerprint density at radius 1 is 1.11 bits per heavy atom. The lowest BCUT2D eigenvalue weighted by Gasteiger charge is -2.07. The number of hydrogen-bond donors (Lipinski definition) is 1. The topological polar surface area (TPSA) is 62.6 Å². The van der Waals surface area contributed by atoms with E-state index < -0.39 is 0 Å². The zero-order chi connectivity index (χ0) is 18.8. The van der Waals surface area contributed by atoms with Crippen molar-refractivity contribution >= 4 is 11.0 Å². The van der Waals surface area contributed by atoms with E-state index in [1.54, 1.807) is 6.20 Å². The van der Waals surface area contributed by atoms with Crippen LogP contribution in [0.1, 0.15) is 17.8 Å². The minimum atomic E-state index is 0.845. The van der Waals surface area contributed by atoms with E-state index in [0.29, 0.717) is 0 Å². The lowest BCUT2D eigenvalue weighted by atomic mass is 10.2. The standard InChI is InChI=1S/C21H24N6/c1-15-8-10-16(11-9-15)27-21(24-19(25-27)7-5-13-26(2)3)18-14-23-20-17(18)6-4-12-22-20/h4,6,8-12,14H,5,7,13H2,1-3H3,(H,22,23). The second kappa shape index (κ2) is 7.32. The maximum Gasteiger partial charge on any atom is 0.165 e. The third-order valence-corrected chi connectivity index (χ3v) is 4.63. The molecule has 0 bridgehead atoms. The van der Waals surface area contributed by atoms with Crippen LogP contribution >= 0.6 is 0 Å². The van der Waals surface area contributed by atoms with E-state index in [0.717, 1.165) is 53.3 Å². The van der Waals surface area contributed by atoms with Crippen molar-refractivity contribution < 1.29 is 0 Å². The maximum absolute atomic E-state index is 4.88. The fraction of sp³-hybridized carbons (Fsp3) is 0.286. The predicted octanol–water partition coefficient (Wildman–Crippen LogP) is 3.61. The molecule has 0 saturated heterocycles. The fourth-order valence-corrected chi connectivity index (χ4v) is 3.20. The molecule has 3 aromatic heterocycles. The van der Waals surface area contributed by atoms with Gasteiger partial charge in [0.15, 0.2) is 11.6 Å². The van der Waals surface area contributed by atoms with Crippen LogP contribution in [-0.2, 0) is 6.42 Å². The Bertz CT molecular complexity index is 1040. The van der Waals surface area contributed by atoms with Gasteiger partial charge in [0.1, 0.15) is 5.65 Å². The van der Waals surface area contributed by atoms with Crippen LogP contribution in [0.2, 0.25) is 0 Å². The number of aromatic nitrogens is 5. The molecule has 6 heteroatoms. The van der Waals surface area contributed by atoms with Crippen LogP contribution in [0.5, 0.6) is 0 Å². The van der Waals surface area contributed by atoms with Gasteiger partial charge in [-0.3, -0.25) is 0 Å². The van der Waals surface area contributed by atoms with Crippen molar-refractivity contribution in [2.45, 2.75) is 19.8 Å². The third kappa shape index (κ3) is 3.61. The average molecular weight is 360 g/mol. The SMILES string of the molecule is Cc1ccc(-n2nc(CCCN(C)C)nc2-c2c[nH]c3ncccc23)cc1. The Labute approximate surface area is 158 Å². The van der Waals surface area contributed by atoms with Gasteiger partial charge in [0, 0.05) is 29.8 Å². The van der Waals surface area contributed by atoms with Gasteiger partial charge < -0.3 is 9.88 Å². The van der Waals surface area contributed by atoms with Crippen molar-refractivity contribution in [2.24, 2.45) is 0 Å². The summed E-state index contributed by atoms with van der Waals surface area (Å²) in [5.41, 5.74) is 4.12. The van der Waals surface area contributed by atoms with Gasteiger partial charge in [0.05, 0.1) is 5.69 Å². The molecule has 1 aromatic carbocycles. The van der Waals surface area contributed by atoms with Crippen molar-refractivity contribution in [3.05, 3.63) is 60.2 Å². The molecule has 4 rings (SSSR count). The van der Waals surface area contributed by atoms with Crippen LogP contribution < -0.4 is 0 Å². The molecule has 0 aliphatic carbocycles. The van der Waals surface area contributed by atoms with Crippen LogP contribution in [-0.4, -0.2) is 50.3 Å². The van der Waals surface area contributed by atoms with Gasteiger partial charge in [-0.2, -0.15) is 5.10 Å². The first-order valence-electron chi connectivity index (χ1n) is 9.22. The van der Waals surface area contributed by atoms with Crippen LogP contribution in [0.15, 0.2) is 48.8 Å². The van der Waals surface area contributed by atoms with Gasteiger partial charge in [-0.25, -0.2) is 14.6 Å². The summed E-state index contributed by atoms with van der Waals surface area (Å²) >= 11 is 0. The van der Waals surface area contributed by atoms with E-state index in [4.69, 9.17) is 10.1 Å². The molecule has 0 spiro atoms. The predicted molar refractivity (Wildman–Crippen MR) is 108 cm³/mol. The van der Waals surface area contributed by atoms with E-state index in [-0.39, 0.29) is 0 Å². The molecule has 0 fully saturated rings. The van der Waals surface area contributed by atoms with Crippen molar-refractivity contribution in [3.63, 3.8) is 0 Å². The Morgan fingerprint density at radius 3 is 2.70 bits per heavy atom. The van der Waals surface area contributed by atoms with E-state index in [2.05, 4.69) is 66.2 Å². The maximum atomic E-state index is 4.88. The summed E-state index contributed by atoms with van der Waals surface area (Å²) in [7, 11) is 4.17. The molecule has 6 nitrogen and oxygen atoms in total. The first-order valence-corrected chi connectivity index (χ1v) is 9.22. The molecule has 0 amide bonds. The summed E-state index contributed by atoms with van der Waals surface area (Å²) in [6.07, 6.45) is 5.64. The number of fused-ring (bicyclic) bond motifs is 1. The molecule has 3 heterocycles. The zero-order valence-electron chi connectivity index (χ0n) is 16.0. The number of aryl methyl sites for hydroxylation is 2. The van der Waals surface area contributed by atoms with Gasteiger partial charge in [-0.1, -0.05) is 17.7 Å². The Hall–Kier alpha value is -2.99. The molecule has 1 N–H and O–H groups in total. The van der Waals surface area contributed by atoms with Gasteiger partial charge in [-0.15, -0.1) is 0 Å².